The van der Waals surface area contributed by atoms with E-state index in [0.29, 0.717) is 23.4 Å². The molecule has 0 saturated carbocycles. The number of hydrogen-bond acceptors (Lipinski definition) is 5. The number of non-ortho nitro benzene ring substituents is 1. The number of rotatable bonds is 6. The molecular weight excluding hydrogens is 346 g/mol. The third-order valence-electron chi connectivity index (χ3n) is 3.91. The van der Waals surface area contributed by atoms with E-state index in [1.54, 1.807) is 48.1 Å². The van der Waals surface area contributed by atoms with Crippen LogP contribution in [-0.2, 0) is 6.54 Å². The van der Waals surface area contributed by atoms with Crippen molar-refractivity contribution in [3.63, 3.8) is 0 Å². The van der Waals surface area contributed by atoms with Gasteiger partial charge in [-0.15, -0.1) is 0 Å². The number of hydrazone groups is 1. The van der Waals surface area contributed by atoms with Crippen molar-refractivity contribution in [2.75, 3.05) is 0 Å². The van der Waals surface area contributed by atoms with Crippen molar-refractivity contribution >= 4 is 17.3 Å². The molecule has 1 N–H and O–H groups in total. The van der Waals surface area contributed by atoms with Gasteiger partial charge in [0.25, 0.3) is 11.6 Å². The summed E-state index contributed by atoms with van der Waals surface area (Å²) in [7, 11) is 0. The Balaban J connectivity index is 1.67. The highest BCUT2D eigenvalue weighted by molar-refractivity contribution is 6.01. The van der Waals surface area contributed by atoms with Gasteiger partial charge in [-0.2, -0.15) is 10.2 Å². The van der Waals surface area contributed by atoms with Crippen LogP contribution in [0.5, 0.6) is 0 Å². The van der Waals surface area contributed by atoms with Gasteiger partial charge in [0.2, 0.25) is 0 Å². The largest absolute Gasteiger partial charge is 0.271 e. The Labute approximate surface area is 155 Å². The van der Waals surface area contributed by atoms with E-state index in [2.05, 4.69) is 15.6 Å². The van der Waals surface area contributed by atoms with Gasteiger partial charge in [-0.05, 0) is 48.4 Å². The number of nitrogens with one attached hydrogen (secondary N) is 1. The number of nitro groups is 1. The fourth-order valence-corrected chi connectivity index (χ4v) is 2.48. The maximum Gasteiger partial charge on any atom is 0.271 e. The number of benzene rings is 2. The number of carbonyl (C=O) groups is 1. The first kappa shape index (κ1) is 18.0. The smallest absolute Gasteiger partial charge is 0.268 e. The molecule has 3 aromatic rings. The number of amides is 1. The second-order valence-electron chi connectivity index (χ2n) is 5.85. The molecule has 0 aliphatic carbocycles. The minimum atomic E-state index is -0.464. The van der Waals surface area contributed by atoms with Crippen LogP contribution in [0.15, 0.2) is 72.1 Å². The predicted octanol–water partition coefficient (Wildman–Crippen LogP) is 2.99. The second kappa shape index (κ2) is 8.05. The van der Waals surface area contributed by atoms with Crippen LogP contribution in [0.4, 0.5) is 5.69 Å². The first-order valence-electron chi connectivity index (χ1n) is 8.19. The summed E-state index contributed by atoms with van der Waals surface area (Å²) in [5.74, 6) is -0.335. The second-order valence-corrected chi connectivity index (χ2v) is 5.85. The van der Waals surface area contributed by atoms with Gasteiger partial charge in [-0.25, -0.2) is 5.43 Å². The number of carbonyl (C=O) groups excluding carboxylic acids is 1. The molecule has 0 unspecified atom stereocenters. The van der Waals surface area contributed by atoms with Gasteiger partial charge in [-0.1, -0.05) is 12.1 Å². The molecule has 136 valence electrons. The molecule has 27 heavy (non-hydrogen) atoms. The molecule has 0 radical (unpaired) electrons. The molecule has 3 rings (SSSR count). The molecule has 1 heterocycles. The highest BCUT2D eigenvalue weighted by atomic mass is 16.6. The quantitative estimate of drug-likeness (QED) is 0.413. The van der Waals surface area contributed by atoms with Gasteiger partial charge < -0.3 is 0 Å². The van der Waals surface area contributed by atoms with Gasteiger partial charge >= 0.3 is 0 Å². The van der Waals surface area contributed by atoms with Crippen LogP contribution < -0.4 is 5.43 Å². The first-order valence-corrected chi connectivity index (χ1v) is 8.19. The third-order valence-corrected chi connectivity index (χ3v) is 3.91. The monoisotopic (exact) mass is 363 g/mol. The first-order chi connectivity index (χ1) is 13.0. The van der Waals surface area contributed by atoms with E-state index in [4.69, 9.17) is 0 Å². The van der Waals surface area contributed by atoms with E-state index in [-0.39, 0.29) is 11.6 Å². The van der Waals surface area contributed by atoms with Crippen LogP contribution in [0, 0.1) is 10.1 Å². The minimum absolute atomic E-state index is 0.00424. The van der Waals surface area contributed by atoms with Crippen molar-refractivity contribution < 1.29 is 9.72 Å². The van der Waals surface area contributed by atoms with Crippen molar-refractivity contribution in [2.24, 2.45) is 5.10 Å². The molecule has 0 aliphatic rings. The Morgan fingerprint density at radius 3 is 2.63 bits per heavy atom. The van der Waals surface area contributed by atoms with E-state index in [1.165, 1.54) is 12.1 Å². The van der Waals surface area contributed by atoms with E-state index < -0.39 is 4.92 Å². The number of aromatic nitrogens is 2. The molecule has 0 atom stereocenters. The van der Waals surface area contributed by atoms with Crippen molar-refractivity contribution in [1.29, 1.82) is 0 Å². The molecule has 1 aromatic heterocycles. The standard InChI is InChI=1S/C19H17N5O3/c1-14(16-6-8-18(9-7-16)24(26)27)21-22-19(25)17-5-2-4-15(12-17)13-23-11-3-10-20-23/h2-12H,13H2,1H3,(H,22,25)/b21-14+. The van der Waals surface area contributed by atoms with Crippen LogP contribution in [0.1, 0.15) is 28.4 Å². The van der Waals surface area contributed by atoms with Crippen molar-refractivity contribution in [1.82, 2.24) is 15.2 Å². The Morgan fingerprint density at radius 2 is 1.96 bits per heavy atom. The van der Waals surface area contributed by atoms with Crippen LogP contribution in [-0.4, -0.2) is 26.3 Å². The summed E-state index contributed by atoms with van der Waals surface area (Å²) in [6, 6.07) is 15.0. The lowest BCUT2D eigenvalue weighted by Crippen LogP contribution is -2.19. The Hall–Kier alpha value is -3.81. The Bertz CT molecular complexity index is 979. The van der Waals surface area contributed by atoms with Crippen molar-refractivity contribution in [3.05, 3.63) is 93.8 Å². The number of nitrogens with zero attached hydrogens (tertiary/aromatic N) is 4. The lowest BCUT2D eigenvalue weighted by atomic mass is 10.1. The Kier molecular flexibility index (Phi) is 5.36. The highest BCUT2D eigenvalue weighted by Gasteiger charge is 2.08. The summed E-state index contributed by atoms with van der Waals surface area (Å²) in [5.41, 5.74) is 5.19. The van der Waals surface area contributed by atoms with E-state index in [1.807, 2.05) is 18.3 Å². The summed E-state index contributed by atoms with van der Waals surface area (Å²) >= 11 is 0. The van der Waals surface area contributed by atoms with Gasteiger partial charge in [-0.3, -0.25) is 19.6 Å². The third kappa shape index (κ3) is 4.63. The van der Waals surface area contributed by atoms with Crippen molar-refractivity contribution in [3.8, 4) is 0 Å². The molecule has 8 nitrogen and oxygen atoms in total. The minimum Gasteiger partial charge on any atom is -0.268 e. The van der Waals surface area contributed by atoms with E-state index >= 15 is 0 Å². The fraction of sp³-hybridized carbons (Fsp3) is 0.105. The van der Waals surface area contributed by atoms with Crippen LogP contribution in [0.3, 0.4) is 0 Å². The Morgan fingerprint density at radius 1 is 1.19 bits per heavy atom. The molecule has 8 heteroatoms. The van der Waals surface area contributed by atoms with E-state index in [9.17, 15) is 14.9 Å². The zero-order valence-electron chi connectivity index (χ0n) is 14.6. The topological polar surface area (TPSA) is 102 Å². The van der Waals surface area contributed by atoms with Crippen molar-refractivity contribution in [2.45, 2.75) is 13.5 Å². The SMILES string of the molecule is C/C(=N\NC(=O)c1cccc(Cn2cccn2)c1)c1ccc([N+](=O)[O-])cc1. The molecule has 0 fully saturated rings. The molecule has 1 amide bonds. The lowest BCUT2D eigenvalue weighted by molar-refractivity contribution is -0.384. The molecular formula is C19H17N5O3. The summed E-state index contributed by atoms with van der Waals surface area (Å²) in [5, 5.41) is 18.9. The van der Waals surface area contributed by atoms with Gasteiger partial charge in [0.15, 0.2) is 0 Å². The predicted molar refractivity (Wildman–Crippen MR) is 101 cm³/mol. The summed E-state index contributed by atoms with van der Waals surface area (Å²) in [6.45, 7) is 2.29. The van der Waals surface area contributed by atoms with Gasteiger partial charge in [0.1, 0.15) is 0 Å². The molecule has 0 aliphatic heterocycles. The normalized spacial score (nSPS) is 11.2. The number of nitro benzene ring substituents is 1. The zero-order valence-corrected chi connectivity index (χ0v) is 14.6. The fourth-order valence-electron chi connectivity index (χ4n) is 2.48. The number of hydrogen-bond donors (Lipinski definition) is 1. The van der Waals surface area contributed by atoms with Crippen LogP contribution in [0.2, 0.25) is 0 Å². The molecule has 0 spiro atoms. The maximum absolute atomic E-state index is 12.3. The van der Waals surface area contributed by atoms with Gasteiger partial charge in [0.05, 0.1) is 17.2 Å². The molecule has 2 aromatic carbocycles. The van der Waals surface area contributed by atoms with Gasteiger partial charge in [0, 0.05) is 30.1 Å². The lowest BCUT2D eigenvalue weighted by Gasteiger charge is -2.06. The maximum atomic E-state index is 12.3. The van der Waals surface area contributed by atoms with Crippen LogP contribution in [0.25, 0.3) is 0 Å². The highest BCUT2D eigenvalue weighted by Crippen LogP contribution is 2.12. The average Bonchev–Trinajstić information content (AvgIpc) is 3.19. The average molecular weight is 363 g/mol. The molecule has 0 saturated heterocycles. The zero-order chi connectivity index (χ0) is 19.2. The summed E-state index contributed by atoms with van der Waals surface area (Å²) in [4.78, 5) is 22.6. The summed E-state index contributed by atoms with van der Waals surface area (Å²) in [6.07, 6.45) is 3.55. The molecule has 0 bridgehead atoms. The van der Waals surface area contributed by atoms with Crippen LogP contribution >= 0.6 is 0 Å². The summed E-state index contributed by atoms with van der Waals surface area (Å²) < 4.78 is 1.77. The van der Waals surface area contributed by atoms with E-state index in [0.717, 1.165) is 5.56 Å².